The summed E-state index contributed by atoms with van der Waals surface area (Å²) < 4.78 is 4.44. The molecular formula is C17H35N4O3PS. The van der Waals surface area contributed by atoms with Crippen LogP contribution in [0.2, 0.25) is 0 Å². The Morgan fingerprint density at radius 2 is 2.00 bits per heavy atom. The summed E-state index contributed by atoms with van der Waals surface area (Å²) >= 11 is 3.44. The molecule has 26 heavy (non-hydrogen) atoms. The number of aromatic nitrogens is 2. The molecule has 2 atom stereocenters. The average molecular weight is 407 g/mol. The number of alkyl carbamates (subject to hydrolysis) is 1. The maximum absolute atomic E-state index is 12.1. The molecule has 1 fully saturated rings. The Bertz CT molecular complexity index is 500. The highest BCUT2D eigenvalue weighted by Crippen LogP contribution is 2.29. The number of carbonyl (C=O) groups excluding carboxylic acids is 2. The summed E-state index contributed by atoms with van der Waals surface area (Å²) in [6.45, 7) is 10.8. The highest BCUT2D eigenvalue weighted by molar-refractivity contribution is 8.31. The van der Waals surface area contributed by atoms with Gasteiger partial charge >= 0.3 is 6.09 Å². The first kappa shape index (κ1) is 27.0. The average Bonchev–Trinajstić information content (AvgIpc) is 3.32. The van der Waals surface area contributed by atoms with E-state index in [0.29, 0.717) is 6.54 Å². The first-order valence-corrected chi connectivity index (χ1v) is 11.0. The van der Waals surface area contributed by atoms with E-state index in [2.05, 4.69) is 54.6 Å². The van der Waals surface area contributed by atoms with E-state index in [4.69, 9.17) is 0 Å². The smallest absolute Gasteiger partial charge is 0.407 e. The van der Waals surface area contributed by atoms with E-state index in [-0.39, 0.29) is 18.5 Å². The minimum absolute atomic E-state index is 0.0272. The maximum Gasteiger partial charge on any atom is 0.407 e. The van der Waals surface area contributed by atoms with Gasteiger partial charge in [-0.2, -0.15) is 12.2 Å². The van der Waals surface area contributed by atoms with Crippen LogP contribution in [-0.4, -0.2) is 47.1 Å². The molecule has 9 heteroatoms. The number of methoxy groups -OCH3 is 1. The molecule has 0 radical (unpaired) electrons. The number of likely N-dealkylation sites (tertiary alicyclic amines) is 1. The minimum atomic E-state index is -0.599. The van der Waals surface area contributed by atoms with Crippen molar-refractivity contribution in [1.29, 1.82) is 0 Å². The Labute approximate surface area is 165 Å². The second-order valence-electron chi connectivity index (χ2n) is 5.25. The van der Waals surface area contributed by atoms with Crippen molar-refractivity contribution in [3.8, 4) is 0 Å². The van der Waals surface area contributed by atoms with Gasteiger partial charge in [0.2, 0.25) is 5.91 Å². The predicted molar refractivity (Wildman–Crippen MR) is 113 cm³/mol. The summed E-state index contributed by atoms with van der Waals surface area (Å²) in [4.78, 5) is 32.2. The molecule has 1 aliphatic rings. The van der Waals surface area contributed by atoms with Gasteiger partial charge in [-0.15, -0.1) is 0 Å². The molecule has 0 spiro atoms. The fourth-order valence-electron chi connectivity index (χ4n) is 2.27. The van der Waals surface area contributed by atoms with E-state index in [1.54, 1.807) is 11.1 Å². The van der Waals surface area contributed by atoms with Gasteiger partial charge in [-0.05, 0) is 19.8 Å². The molecule has 2 rings (SSSR count). The molecule has 1 aliphatic heterocycles. The zero-order chi connectivity index (χ0) is 20.5. The van der Waals surface area contributed by atoms with Crippen molar-refractivity contribution < 1.29 is 14.3 Å². The molecule has 7 nitrogen and oxygen atoms in total. The first-order chi connectivity index (χ1) is 12.5. The number of hydrogen-bond acceptors (Lipinski definition) is 5. The predicted octanol–water partition coefficient (Wildman–Crippen LogP) is 3.89. The molecule has 0 bridgehead atoms. The van der Waals surface area contributed by atoms with Crippen LogP contribution in [-0.2, 0) is 9.53 Å². The summed E-state index contributed by atoms with van der Waals surface area (Å²) in [5.41, 5.74) is 0.974. The highest BCUT2D eigenvalue weighted by Gasteiger charge is 2.31. The molecule has 0 aliphatic carbocycles. The lowest BCUT2D eigenvalue weighted by molar-refractivity contribution is -0.131. The maximum atomic E-state index is 12.1. The van der Waals surface area contributed by atoms with Gasteiger partial charge in [0, 0.05) is 18.4 Å². The van der Waals surface area contributed by atoms with Crippen molar-refractivity contribution in [3.63, 3.8) is 0 Å². The van der Waals surface area contributed by atoms with Crippen LogP contribution >= 0.6 is 20.7 Å². The van der Waals surface area contributed by atoms with Crippen molar-refractivity contribution in [3.05, 3.63) is 17.7 Å². The number of carbonyl (C=O) groups is 2. The summed E-state index contributed by atoms with van der Waals surface area (Å²) in [5.74, 6) is 0.684. The summed E-state index contributed by atoms with van der Waals surface area (Å²) in [7, 11) is 3.38. The van der Waals surface area contributed by atoms with Crippen LogP contribution in [0, 0.1) is 6.92 Å². The van der Waals surface area contributed by atoms with Gasteiger partial charge in [0.25, 0.3) is 0 Å². The number of hydrogen-bond donors (Lipinski definition) is 3. The molecule has 2 heterocycles. The lowest BCUT2D eigenvalue weighted by atomic mass is 10.2. The van der Waals surface area contributed by atoms with E-state index >= 15 is 0 Å². The molecule has 0 saturated carbocycles. The lowest BCUT2D eigenvalue weighted by Gasteiger charge is -2.23. The zero-order valence-electron chi connectivity index (χ0n) is 16.8. The SMILES string of the molecule is CC.CCC.COC(=O)NCC(=O)N1CCCC1c1ncc(C)[nH]1.PS. The third-order valence-electron chi connectivity index (χ3n) is 3.18. The largest absolute Gasteiger partial charge is 0.453 e. The molecule has 152 valence electrons. The molecule has 2 unspecified atom stereocenters. The third kappa shape index (κ3) is 10.0. The topological polar surface area (TPSA) is 87.3 Å². The number of H-pyrrole nitrogens is 1. The fraction of sp³-hybridized carbons (Fsp3) is 0.706. The summed E-state index contributed by atoms with van der Waals surface area (Å²) in [6, 6.07) is -0.0272. The zero-order valence-corrected chi connectivity index (χ0v) is 18.9. The monoisotopic (exact) mass is 406 g/mol. The minimum Gasteiger partial charge on any atom is -0.453 e. The number of nitrogens with one attached hydrogen (secondary N) is 2. The standard InChI is InChI=1S/C12H18N4O3.C3H8.C2H6.H3PS/c1-8-6-13-11(15-8)9-4-3-5-16(9)10(17)7-14-12(18)19-2;1-3-2;2*1-2/h6,9H,3-5,7H2,1-2H3,(H,13,15)(H,14,18);3H2,1-2H3;1-2H3;2H,1H2. The van der Waals surface area contributed by atoms with E-state index in [0.717, 1.165) is 24.4 Å². The van der Waals surface area contributed by atoms with Gasteiger partial charge in [0.05, 0.1) is 13.2 Å². The third-order valence-corrected chi connectivity index (χ3v) is 3.18. The quantitative estimate of drug-likeness (QED) is 0.525. The van der Waals surface area contributed by atoms with Crippen molar-refractivity contribution in [2.45, 2.75) is 59.9 Å². The van der Waals surface area contributed by atoms with Gasteiger partial charge in [-0.1, -0.05) is 42.6 Å². The number of nitrogens with zero attached hydrogens (tertiary/aromatic N) is 2. The molecule has 1 aromatic rings. The number of aromatic amines is 1. The van der Waals surface area contributed by atoms with Gasteiger partial charge in [0.15, 0.2) is 0 Å². The number of thiol groups is 1. The first-order valence-electron chi connectivity index (χ1n) is 8.92. The Hall–Kier alpha value is -1.27. The van der Waals surface area contributed by atoms with Crippen molar-refractivity contribution in [1.82, 2.24) is 20.2 Å². The van der Waals surface area contributed by atoms with Crippen LogP contribution < -0.4 is 5.32 Å². The van der Waals surface area contributed by atoms with Crippen molar-refractivity contribution in [2.24, 2.45) is 0 Å². The van der Waals surface area contributed by atoms with Crippen LogP contribution in [0.25, 0.3) is 0 Å². The second-order valence-corrected chi connectivity index (χ2v) is 5.25. The molecule has 2 N–H and O–H groups in total. The Balaban J connectivity index is 0. The molecule has 0 aromatic carbocycles. The number of ether oxygens (including phenoxy) is 1. The fourth-order valence-corrected chi connectivity index (χ4v) is 2.27. The Morgan fingerprint density at radius 3 is 2.46 bits per heavy atom. The normalized spacial score (nSPS) is 14.6. The van der Waals surface area contributed by atoms with Crippen LogP contribution in [0.3, 0.4) is 0 Å². The molecule has 1 aromatic heterocycles. The molecule has 1 saturated heterocycles. The van der Waals surface area contributed by atoms with Crippen molar-refractivity contribution in [2.75, 3.05) is 20.2 Å². The van der Waals surface area contributed by atoms with Gasteiger partial charge in [-0.25, -0.2) is 9.78 Å². The van der Waals surface area contributed by atoms with E-state index in [9.17, 15) is 9.59 Å². The van der Waals surface area contributed by atoms with Crippen LogP contribution in [0.1, 0.15) is 64.5 Å². The van der Waals surface area contributed by atoms with Gasteiger partial charge in [-0.3, -0.25) is 4.79 Å². The number of aryl methyl sites for hydroxylation is 1. The second kappa shape index (κ2) is 17.2. The van der Waals surface area contributed by atoms with Crippen LogP contribution in [0.5, 0.6) is 0 Å². The number of imidazole rings is 1. The van der Waals surface area contributed by atoms with E-state index < -0.39 is 6.09 Å². The molecule has 2 amide bonds. The van der Waals surface area contributed by atoms with E-state index in [1.807, 2.05) is 20.8 Å². The molecular weight excluding hydrogens is 371 g/mol. The highest BCUT2D eigenvalue weighted by atomic mass is 32.7. The van der Waals surface area contributed by atoms with Gasteiger partial charge < -0.3 is 19.9 Å². The number of amides is 2. The summed E-state index contributed by atoms with van der Waals surface area (Å²) in [5, 5.41) is 2.40. The summed E-state index contributed by atoms with van der Waals surface area (Å²) in [6.07, 6.45) is 4.23. The van der Waals surface area contributed by atoms with Crippen molar-refractivity contribution >= 4 is 32.7 Å². The van der Waals surface area contributed by atoms with Crippen LogP contribution in [0.4, 0.5) is 4.79 Å². The van der Waals surface area contributed by atoms with E-state index in [1.165, 1.54) is 13.5 Å². The lowest BCUT2D eigenvalue weighted by Crippen LogP contribution is -2.40. The Kier molecular flexibility index (Phi) is 17.8. The van der Waals surface area contributed by atoms with Crippen LogP contribution in [0.15, 0.2) is 6.20 Å². The number of rotatable bonds is 3. The van der Waals surface area contributed by atoms with Gasteiger partial charge in [0.1, 0.15) is 12.4 Å². The Morgan fingerprint density at radius 1 is 1.42 bits per heavy atom.